The third-order valence-electron chi connectivity index (χ3n) is 6.13. The zero-order valence-corrected chi connectivity index (χ0v) is 18.7. The van der Waals surface area contributed by atoms with Gasteiger partial charge in [-0.1, -0.05) is 59.6 Å². The summed E-state index contributed by atoms with van der Waals surface area (Å²) in [6, 6.07) is 14.7. The number of carbonyl (C=O) groups excluding carboxylic acids is 3. The normalized spacial score (nSPS) is 21.7. The van der Waals surface area contributed by atoms with Gasteiger partial charge in [-0.15, -0.1) is 0 Å². The molecular weight excluding hydrogens is 437 g/mol. The van der Waals surface area contributed by atoms with E-state index in [0.717, 1.165) is 16.2 Å². The molecule has 0 spiro atoms. The molecule has 31 heavy (non-hydrogen) atoms. The van der Waals surface area contributed by atoms with E-state index in [0.29, 0.717) is 36.2 Å². The van der Waals surface area contributed by atoms with Crippen LogP contribution in [0.1, 0.15) is 18.9 Å². The fourth-order valence-electron chi connectivity index (χ4n) is 4.24. The van der Waals surface area contributed by atoms with Crippen molar-refractivity contribution in [2.24, 2.45) is 0 Å². The van der Waals surface area contributed by atoms with Gasteiger partial charge in [0.1, 0.15) is 6.54 Å². The van der Waals surface area contributed by atoms with Crippen LogP contribution in [-0.2, 0) is 19.8 Å². The number of carbonyl (C=O) groups is 3. The maximum atomic E-state index is 13.1. The highest BCUT2D eigenvalue weighted by Crippen LogP contribution is 2.36. The van der Waals surface area contributed by atoms with Gasteiger partial charge < -0.3 is 9.80 Å². The van der Waals surface area contributed by atoms with Crippen molar-refractivity contribution in [3.05, 3.63) is 64.1 Å². The molecular formula is C23H23Cl2N3O3. The molecule has 4 rings (SSSR count). The summed E-state index contributed by atoms with van der Waals surface area (Å²) < 4.78 is 0. The molecule has 2 aromatic rings. The summed E-state index contributed by atoms with van der Waals surface area (Å²) in [5.41, 5.74) is 0.695. The molecule has 8 heteroatoms. The second-order valence-corrected chi connectivity index (χ2v) is 8.89. The molecule has 0 radical (unpaired) electrons. The lowest BCUT2D eigenvalue weighted by Gasteiger charge is -2.37. The Morgan fingerprint density at radius 1 is 0.968 bits per heavy atom. The van der Waals surface area contributed by atoms with Gasteiger partial charge in [0.05, 0.1) is 21.1 Å². The smallest absolute Gasteiger partial charge is 0.242 e. The number of nitrogens with zero attached hydrogens (tertiary/aromatic N) is 3. The average Bonchev–Trinajstić information content (AvgIpc) is 3.00. The molecule has 2 fully saturated rings. The molecule has 0 saturated carbocycles. The standard InChI is InChI=1S/C23H23Cl2N3O3/c1-23(16-6-3-2-4-7-16)14-19(29)28(22(23)31)15-20(30)27-12-10-26(11-13-27)18-9-5-8-17(24)21(18)25/h2-9H,10-15H2,1H3. The fraction of sp³-hybridized carbons (Fsp3) is 0.348. The molecule has 1 atom stereocenters. The second kappa shape index (κ2) is 8.52. The summed E-state index contributed by atoms with van der Waals surface area (Å²) >= 11 is 12.4. The molecule has 3 amide bonds. The van der Waals surface area contributed by atoms with Crippen LogP contribution in [0.5, 0.6) is 0 Å². The maximum absolute atomic E-state index is 13.1. The van der Waals surface area contributed by atoms with Crippen LogP contribution < -0.4 is 4.90 Å². The molecule has 2 aliphatic rings. The van der Waals surface area contributed by atoms with Crippen molar-refractivity contribution in [2.75, 3.05) is 37.6 Å². The third kappa shape index (κ3) is 4.02. The molecule has 6 nitrogen and oxygen atoms in total. The molecule has 0 bridgehead atoms. The van der Waals surface area contributed by atoms with Gasteiger partial charge in [0.25, 0.3) is 0 Å². The molecule has 0 aliphatic carbocycles. The van der Waals surface area contributed by atoms with Gasteiger partial charge in [0.15, 0.2) is 0 Å². The number of amides is 3. The lowest BCUT2D eigenvalue weighted by molar-refractivity contribution is -0.146. The highest BCUT2D eigenvalue weighted by molar-refractivity contribution is 6.43. The number of halogens is 2. The van der Waals surface area contributed by atoms with Crippen molar-refractivity contribution in [1.29, 1.82) is 0 Å². The second-order valence-electron chi connectivity index (χ2n) is 8.10. The number of imide groups is 1. The minimum absolute atomic E-state index is 0.0736. The van der Waals surface area contributed by atoms with E-state index >= 15 is 0 Å². The first-order valence-electron chi connectivity index (χ1n) is 10.2. The van der Waals surface area contributed by atoms with Gasteiger partial charge in [-0.2, -0.15) is 0 Å². The number of benzene rings is 2. The van der Waals surface area contributed by atoms with E-state index in [1.54, 1.807) is 17.9 Å². The molecule has 0 aromatic heterocycles. The Morgan fingerprint density at radius 2 is 1.65 bits per heavy atom. The highest BCUT2D eigenvalue weighted by Gasteiger charge is 2.50. The Morgan fingerprint density at radius 3 is 2.32 bits per heavy atom. The predicted octanol–water partition coefficient (Wildman–Crippen LogP) is 3.36. The summed E-state index contributed by atoms with van der Waals surface area (Å²) in [5.74, 6) is -0.855. The van der Waals surface area contributed by atoms with E-state index in [-0.39, 0.29) is 30.7 Å². The highest BCUT2D eigenvalue weighted by atomic mass is 35.5. The summed E-state index contributed by atoms with van der Waals surface area (Å²) in [5, 5.41) is 0.989. The first-order valence-corrected chi connectivity index (χ1v) is 10.9. The van der Waals surface area contributed by atoms with Crippen molar-refractivity contribution in [2.45, 2.75) is 18.8 Å². The largest absolute Gasteiger partial charge is 0.367 e. The number of hydrogen-bond donors (Lipinski definition) is 0. The van der Waals surface area contributed by atoms with Crippen molar-refractivity contribution in [3.63, 3.8) is 0 Å². The number of piperazine rings is 1. The van der Waals surface area contributed by atoms with Crippen LogP contribution in [0.3, 0.4) is 0 Å². The van der Waals surface area contributed by atoms with Crippen LogP contribution in [0.15, 0.2) is 48.5 Å². The van der Waals surface area contributed by atoms with Gasteiger partial charge in [0, 0.05) is 32.6 Å². The lowest BCUT2D eigenvalue weighted by atomic mass is 9.81. The summed E-state index contributed by atoms with van der Waals surface area (Å²) in [4.78, 5) is 43.4. The Kier molecular flexibility index (Phi) is 5.95. The van der Waals surface area contributed by atoms with E-state index in [2.05, 4.69) is 4.90 Å². The molecule has 2 aromatic carbocycles. The van der Waals surface area contributed by atoms with E-state index in [1.165, 1.54) is 0 Å². The molecule has 2 aliphatic heterocycles. The molecule has 0 N–H and O–H groups in total. The van der Waals surface area contributed by atoms with Crippen molar-refractivity contribution < 1.29 is 14.4 Å². The molecule has 2 saturated heterocycles. The van der Waals surface area contributed by atoms with Crippen molar-refractivity contribution in [1.82, 2.24) is 9.80 Å². The number of rotatable bonds is 4. The van der Waals surface area contributed by atoms with Crippen LogP contribution in [0.2, 0.25) is 10.0 Å². The predicted molar refractivity (Wildman–Crippen MR) is 120 cm³/mol. The van der Waals surface area contributed by atoms with Crippen molar-refractivity contribution in [3.8, 4) is 0 Å². The van der Waals surface area contributed by atoms with E-state index < -0.39 is 5.41 Å². The molecule has 1 unspecified atom stereocenters. The minimum Gasteiger partial charge on any atom is -0.367 e. The summed E-state index contributed by atoms with van der Waals surface area (Å²) in [7, 11) is 0. The SMILES string of the molecule is CC1(c2ccccc2)CC(=O)N(CC(=O)N2CCN(c3cccc(Cl)c3Cl)CC2)C1=O. The van der Waals surface area contributed by atoms with Crippen LogP contribution >= 0.6 is 23.2 Å². The fourth-order valence-corrected chi connectivity index (χ4v) is 4.66. The number of likely N-dealkylation sites (tertiary alicyclic amines) is 1. The summed E-state index contributed by atoms with van der Waals surface area (Å²) in [6.45, 7) is 3.69. The Hall–Kier alpha value is -2.57. The lowest BCUT2D eigenvalue weighted by Crippen LogP contribution is -2.52. The van der Waals surface area contributed by atoms with Crippen LogP contribution in [0.4, 0.5) is 5.69 Å². The van der Waals surface area contributed by atoms with Crippen LogP contribution in [-0.4, -0.2) is 60.2 Å². The van der Waals surface area contributed by atoms with Crippen LogP contribution in [0.25, 0.3) is 0 Å². The van der Waals surface area contributed by atoms with Crippen LogP contribution in [0, 0.1) is 0 Å². The van der Waals surface area contributed by atoms with Gasteiger partial charge >= 0.3 is 0 Å². The van der Waals surface area contributed by atoms with Crippen molar-refractivity contribution >= 4 is 46.6 Å². The summed E-state index contributed by atoms with van der Waals surface area (Å²) in [6.07, 6.45) is 0.0736. The third-order valence-corrected chi connectivity index (χ3v) is 6.94. The Labute approximate surface area is 191 Å². The van der Waals surface area contributed by atoms with E-state index in [4.69, 9.17) is 23.2 Å². The quantitative estimate of drug-likeness (QED) is 0.657. The van der Waals surface area contributed by atoms with Gasteiger partial charge in [-0.05, 0) is 24.6 Å². The Balaban J connectivity index is 1.40. The number of hydrogen-bond acceptors (Lipinski definition) is 4. The van der Waals surface area contributed by atoms with E-state index in [1.807, 2.05) is 42.5 Å². The molecule has 162 valence electrons. The van der Waals surface area contributed by atoms with Gasteiger partial charge in [0.2, 0.25) is 17.7 Å². The molecule has 2 heterocycles. The first-order chi connectivity index (χ1) is 14.8. The van der Waals surface area contributed by atoms with Gasteiger partial charge in [-0.25, -0.2) is 0 Å². The minimum atomic E-state index is -0.930. The topological polar surface area (TPSA) is 60.9 Å². The van der Waals surface area contributed by atoms with Gasteiger partial charge in [-0.3, -0.25) is 19.3 Å². The van der Waals surface area contributed by atoms with E-state index in [9.17, 15) is 14.4 Å². The first kappa shape index (κ1) is 21.7. The average molecular weight is 460 g/mol. The number of anilines is 1. The zero-order chi connectivity index (χ0) is 22.2. The zero-order valence-electron chi connectivity index (χ0n) is 17.2. The maximum Gasteiger partial charge on any atom is 0.242 e. The Bertz CT molecular complexity index is 1020. The monoisotopic (exact) mass is 459 g/mol.